The van der Waals surface area contributed by atoms with Crippen LogP contribution in [0.5, 0.6) is 11.5 Å². The van der Waals surface area contributed by atoms with Crippen molar-refractivity contribution in [3.63, 3.8) is 0 Å². The molecule has 4 rings (SSSR count). The third-order valence-corrected chi connectivity index (χ3v) is 5.41. The summed E-state index contributed by atoms with van der Waals surface area (Å²) in [6, 6.07) is 5.35. The number of anilines is 2. The molecule has 25 heavy (non-hydrogen) atoms. The number of carbonyl (C=O) groups excluding carboxylic acids is 2. The Morgan fingerprint density at radius 1 is 1.32 bits per heavy atom. The van der Waals surface area contributed by atoms with E-state index < -0.39 is 5.92 Å². The molecule has 2 aliphatic rings. The Balaban J connectivity index is 1.47. The fourth-order valence-corrected chi connectivity index (χ4v) is 3.74. The van der Waals surface area contributed by atoms with Crippen LogP contribution in [-0.2, 0) is 9.59 Å². The maximum absolute atomic E-state index is 12.5. The van der Waals surface area contributed by atoms with E-state index in [1.54, 1.807) is 23.1 Å². The molecule has 8 heteroatoms. The van der Waals surface area contributed by atoms with Gasteiger partial charge in [0.2, 0.25) is 18.6 Å². The molecular weight excluding hydrogens is 342 g/mol. The molecule has 0 saturated carbocycles. The summed E-state index contributed by atoms with van der Waals surface area (Å²) in [5.74, 6) is 0.629. The molecule has 0 radical (unpaired) electrons. The van der Waals surface area contributed by atoms with Gasteiger partial charge < -0.3 is 19.7 Å². The number of ether oxygens (including phenoxy) is 2. The number of carbonyl (C=O) groups is 2. The average Bonchev–Trinajstić information content (AvgIpc) is 3.26. The van der Waals surface area contributed by atoms with Gasteiger partial charge in [0, 0.05) is 29.6 Å². The number of aryl methyl sites for hydroxylation is 2. The predicted molar refractivity (Wildman–Crippen MR) is 93.2 cm³/mol. The Labute approximate surface area is 148 Å². The summed E-state index contributed by atoms with van der Waals surface area (Å²) in [4.78, 5) is 31.8. The molecule has 1 fully saturated rings. The first-order valence-corrected chi connectivity index (χ1v) is 8.78. The van der Waals surface area contributed by atoms with Crippen molar-refractivity contribution in [3.05, 3.63) is 28.8 Å². The van der Waals surface area contributed by atoms with E-state index in [9.17, 15) is 9.59 Å². The van der Waals surface area contributed by atoms with Crippen LogP contribution < -0.4 is 19.7 Å². The minimum Gasteiger partial charge on any atom is -0.454 e. The van der Waals surface area contributed by atoms with Gasteiger partial charge in [0.15, 0.2) is 16.6 Å². The van der Waals surface area contributed by atoms with E-state index in [-0.39, 0.29) is 25.0 Å². The number of aromatic nitrogens is 1. The van der Waals surface area contributed by atoms with Gasteiger partial charge in [-0.1, -0.05) is 0 Å². The molecule has 7 nitrogen and oxygen atoms in total. The summed E-state index contributed by atoms with van der Waals surface area (Å²) in [7, 11) is 0. The lowest BCUT2D eigenvalue weighted by atomic mass is 10.1. The van der Waals surface area contributed by atoms with E-state index in [2.05, 4.69) is 10.3 Å². The van der Waals surface area contributed by atoms with Crippen LogP contribution in [-0.4, -0.2) is 30.1 Å². The summed E-state index contributed by atoms with van der Waals surface area (Å²) in [6.45, 7) is 4.39. The first kappa shape index (κ1) is 15.9. The molecule has 1 atom stereocenters. The topological polar surface area (TPSA) is 80.8 Å². The third-order valence-electron chi connectivity index (χ3n) is 4.42. The third kappa shape index (κ3) is 2.93. The second-order valence-corrected chi connectivity index (χ2v) is 7.30. The zero-order valence-electron chi connectivity index (χ0n) is 13.9. The molecular formula is C17H17N3O4S. The van der Waals surface area contributed by atoms with Crippen LogP contribution in [0.2, 0.25) is 0 Å². The quantitative estimate of drug-likeness (QED) is 0.911. The zero-order valence-corrected chi connectivity index (χ0v) is 14.7. The van der Waals surface area contributed by atoms with Gasteiger partial charge in [0.05, 0.1) is 11.6 Å². The molecule has 1 saturated heterocycles. The van der Waals surface area contributed by atoms with E-state index in [4.69, 9.17) is 9.47 Å². The Morgan fingerprint density at radius 3 is 2.88 bits per heavy atom. The number of fused-ring (bicyclic) bond motifs is 1. The molecule has 2 amide bonds. The molecule has 1 aromatic carbocycles. The highest BCUT2D eigenvalue weighted by atomic mass is 32.1. The van der Waals surface area contributed by atoms with E-state index in [1.807, 2.05) is 13.8 Å². The Kier molecular flexibility index (Phi) is 3.84. The largest absolute Gasteiger partial charge is 0.454 e. The number of amides is 2. The van der Waals surface area contributed by atoms with Gasteiger partial charge in [0.1, 0.15) is 0 Å². The predicted octanol–water partition coefficient (Wildman–Crippen LogP) is 2.48. The maximum atomic E-state index is 12.5. The molecule has 1 N–H and O–H groups in total. The Bertz CT molecular complexity index is 844. The van der Waals surface area contributed by atoms with Gasteiger partial charge in [-0.05, 0) is 26.0 Å². The number of hydrogen-bond acceptors (Lipinski definition) is 6. The normalized spacial score (nSPS) is 18.7. The van der Waals surface area contributed by atoms with Crippen molar-refractivity contribution in [2.24, 2.45) is 5.92 Å². The van der Waals surface area contributed by atoms with Crippen molar-refractivity contribution in [2.45, 2.75) is 20.3 Å². The van der Waals surface area contributed by atoms with Crippen molar-refractivity contribution in [1.29, 1.82) is 0 Å². The average molecular weight is 359 g/mol. The Morgan fingerprint density at radius 2 is 2.12 bits per heavy atom. The van der Waals surface area contributed by atoms with Crippen molar-refractivity contribution in [3.8, 4) is 11.5 Å². The molecule has 0 unspecified atom stereocenters. The highest BCUT2D eigenvalue weighted by molar-refractivity contribution is 7.15. The molecule has 130 valence electrons. The van der Waals surface area contributed by atoms with E-state index in [0.717, 1.165) is 10.6 Å². The van der Waals surface area contributed by atoms with Crippen molar-refractivity contribution >= 4 is 34.0 Å². The number of nitrogens with zero attached hydrogens (tertiary/aromatic N) is 2. The summed E-state index contributed by atoms with van der Waals surface area (Å²) < 4.78 is 10.6. The van der Waals surface area contributed by atoms with Gasteiger partial charge in [-0.25, -0.2) is 4.98 Å². The molecule has 2 aromatic rings. The van der Waals surface area contributed by atoms with Crippen molar-refractivity contribution in [2.75, 3.05) is 23.6 Å². The number of rotatable bonds is 3. The fraction of sp³-hybridized carbons (Fsp3) is 0.353. The number of hydrogen-bond donors (Lipinski definition) is 1. The molecule has 2 aliphatic heterocycles. The Hall–Kier alpha value is -2.61. The second-order valence-electron chi connectivity index (χ2n) is 6.09. The SMILES string of the molecule is Cc1nc(NC(=O)[C@@H]2CC(=O)N(c3ccc4c(c3)OCO4)C2)sc1C. The van der Waals surface area contributed by atoms with Crippen molar-refractivity contribution < 1.29 is 19.1 Å². The van der Waals surface area contributed by atoms with E-state index in [0.29, 0.717) is 28.9 Å². The van der Waals surface area contributed by atoms with Crippen LogP contribution in [0, 0.1) is 19.8 Å². The molecule has 3 heterocycles. The van der Waals surface area contributed by atoms with Crippen molar-refractivity contribution in [1.82, 2.24) is 4.98 Å². The lowest BCUT2D eigenvalue weighted by Gasteiger charge is -2.17. The first-order chi connectivity index (χ1) is 12.0. The van der Waals surface area contributed by atoms with Crippen LogP contribution in [0.1, 0.15) is 17.0 Å². The fourth-order valence-electron chi connectivity index (χ4n) is 2.92. The summed E-state index contributed by atoms with van der Waals surface area (Å²) >= 11 is 1.44. The van der Waals surface area contributed by atoms with Crippen LogP contribution in [0.15, 0.2) is 18.2 Å². The molecule has 0 bridgehead atoms. The van der Waals surface area contributed by atoms with Gasteiger partial charge in [-0.3, -0.25) is 9.59 Å². The van der Waals surface area contributed by atoms with Gasteiger partial charge in [-0.2, -0.15) is 0 Å². The highest BCUT2D eigenvalue weighted by Gasteiger charge is 2.36. The summed E-state index contributed by atoms with van der Waals surface area (Å²) in [6.07, 6.45) is 0.184. The first-order valence-electron chi connectivity index (χ1n) is 7.96. The van der Waals surface area contributed by atoms with Crippen LogP contribution >= 0.6 is 11.3 Å². The number of benzene rings is 1. The summed E-state index contributed by atoms with van der Waals surface area (Å²) in [5, 5.41) is 3.40. The van der Waals surface area contributed by atoms with E-state index >= 15 is 0 Å². The summed E-state index contributed by atoms with van der Waals surface area (Å²) in [5.41, 5.74) is 1.62. The standard InChI is InChI=1S/C17H17N3O4S/c1-9-10(2)25-17(18-9)19-16(22)11-5-15(21)20(7-11)12-3-4-13-14(6-12)24-8-23-13/h3-4,6,11H,5,7-8H2,1-2H3,(H,18,19,22)/t11-/m1/s1. The number of nitrogens with one attached hydrogen (secondary N) is 1. The monoisotopic (exact) mass is 359 g/mol. The minimum atomic E-state index is -0.401. The highest BCUT2D eigenvalue weighted by Crippen LogP contribution is 2.37. The lowest BCUT2D eigenvalue weighted by molar-refractivity contribution is -0.122. The van der Waals surface area contributed by atoms with Gasteiger partial charge in [0.25, 0.3) is 0 Å². The van der Waals surface area contributed by atoms with E-state index in [1.165, 1.54) is 11.3 Å². The molecule has 0 aliphatic carbocycles. The van der Waals surface area contributed by atoms with Crippen LogP contribution in [0.3, 0.4) is 0 Å². The zero-order chi connectivity index (χ0) is 17.6. The molecule has 1 aromatic heterocycles. The van der Waals surface area contributed by atoms with Crippen LogP contribution in [0.4, 0.5) is 10.8 Å². The van der Waals surface area contributed by atoms with Gasteiger partial charge in [-0.15, -0.1) is 11.3 Å². The maximum Gasteiger partial charge on any atom is 0.231 e. The van der Waals surface area contributed by atoms with Gasteiger partial charge >= 0.3 is 0 Å². The smallest absolute Gasteiger partial charge is 0.231 e. The minimum absolute atomic E-state index is 0.0782. The molecule has 0 spiro atoms. The number of thiazole rings is 1. The van der Waals surface area contributed by atoms with Crippen LogP contribution in [0.25, 0.3) is 0 Å². The second kappa shape index (κ2) is 6.03. The lowest BCUT2D eigenvalue weighted by Crippen LogP contribution is -2.28.